The van der Waals surface area contributed by atoms with Gasteiger partial charge < -0.3 is 46.6 Å². The summed E-state index contributed by atoms with van der Waals surface area (Å²) in [7, 11) is 1.14. The van der Waals surface area contributed by atoms with Crippen molar-refractivity contribution in [1.29, 1.82) is 0 Å². The fourth-order valence-corrected chi connectivity index (χ4v) is 13.4. The van der Waals surface area contributed by atoms with E-state index in [4.69, 9.17) is 0 Å². The lowest BCUT2D eigenvalue weighted by molar-refractivity contribution is -0.148. The molecule has 0 bridgehead atoms. The van der Waals surface area contributed by atoms with Crippen LogP contribution in [0.5, 0.6) is 0 Å². The van der Waals surface area contributed by atoms with E-state index in [2.05, 4.69) is 51.1 Å². The molecule has 16 nitrogen and oxygen atoms in total. The van der Waals surface area contributed by atoms with Crippen LogP contribution in [-0.2, 0) is 41.7 Å². The van der Waals surface area contributed by atoms with E-state index in [0.717, 1.165) is 24.8 Å². The normalized spacial score (nSPS) is 21.4. The summed E-state index contributed by atoms with van der Waals surface area (Å²) < 4.78 is 15.6. The van der Waals surface area contributed by atoms with E-state index in [1.54, 1.807) is 87.1 Å². The van der Waals surface area contributed by atoms with Crippen LogP contribution in [-0.4, -0.2) is 133 Å². The third-order valence-corrected chi connectivity index (χ3v) is 18.0. The third kappa shape index (κ3) is 13.9. The predicted molar refractivity (Wildman–Crippen MR) is 291 cm³/mol. The van der Waals surface area contributed by atoms with Gasteiger partial charge in [-0.15, -0.1) is 0 Å². The maximum absolute atomic E-state index is 15.6. The summed E-state index contributed by atoms with van der Waals surface area (Å²) in [5, 5.41) is 18.0. The summed E-state index contributed by atoms with van der Waals surface area (Å²) in [6.45, 7) is 20.7. The number of amides is 7. The number of carbonyl (C=O) groups excluding carboxylic acids is 7. The van der Waals surface area contributed by atoms with Crippen molar-refractivity contribution < 1.29 is 38.0 Å². The zero-order chi connectivity index (χ0) is 55.3. The molecule has 0 aromatic heterocycles. The summed E-state index contributed by atoms with van der Waals surface area (Å²) in [6.07, 6.45) is 3.08. The van der Waals surface area contributed by atoms with Crippen molar-refractivity contribution >= 4 is 49.4 Å². The molecule has 2 fully saturated rings. The molecule has 3 aliphatic rings. The molecule has 1 aliphatic carbocycles. The molecule has 3 aromatic carbocycles. The summed E-state index contributed by atoms with van der Waals surface area (Å²) >= 11 is 0. The average molecular weight is 1050 g/mol. The van der Waals surface area contributed by atoms with Crippen molar-refractivity contribution in [2.75, 3.05) is 26.8 Å². The van der Waals surface area contributed by atoms with Gasteiger partial charge in [0.1, 0.15) is 30.0 Å². The van der Waals surface area contributed by atoms with Crippen LogP contribution in [0, 0.1) is 16.6 Å². The second-order valence-corrected chi connectivity index (χ2v) is 29.0. The summed E-state index contributed by atoms with van der Waals surface area (Å²) in [5.74, 6) is -3.08. The highest BCUT2D eigenvalue weighted by Gasteiger charge is 2.50. The summed E-state index contributed by atoms with van der Waals surface area (Å²) in [4.78, 5) is 104. The topological polar surface area (TPSA) is 201 Å². The number of benzene rings is 3. The monoisotopic (exact) mass is 1050 g/mol. The fourth-order valence-electron chi connectivity index (χ4n) is 10.6. The molecule has 7 amide bonds. The number of hydrogen-bond acceptors (Lipinski definition) is 9. The molecule has 408 valence electrons. The molecule has 6 rings (SSSR count). The summed E-state index contributed by atoms with van der Waals surface area (Å²) in [5.41, 5.74) is 2.05. The lowest BCUT2D eigenvalue weighted by Crippen LogP contribution is -2.60. The Labute approximate surface area is 444 Å². The highest BCUT2D eigenvalue weighted by molar-refractivity contribution is 6.79. The van der Waals surface area contributed by atoms with Crippen molar-refractivity contribution in [3.63, 3.8) is 0 Å². The van der Waals surface area contributed by atoms with E-state index in [0.29, 0.717) is 28.9 Å². The second-order valence-electron chi connectivity index (χ2n) is 23.9. The van der Waals surface area contributed by atoms with Crippen LogP contribution >= 0.6 is 0 Å². The molecule has 2 saturated heterocycles. The van der Waals surface area contributed by atoms with Gasteiger partial charge in [0.2, 0.25) is 35.4 Å². The van der Waals surface area contributed by atoms with Crippen LogP contribution in [0.3, 0.4) is 0 Å². The molecule has 3 aromatic rings. The van der Waals surface area contributed by atoms with Gasteiger partial charge in [0.25, 0.3) is 5.91 Å². The number of likely N-dealkylation sites (N-methyl/N-ethyl adjacent to an activating group) is 2. The molecule has 2 aliphatic heterocycles. The van der Waals surface area contributed by atoms with Gasteiger partial charge in [-0.05, 0) is 112 Å². The van der Waals surface area contributed by atoms with Gasteiger partial charge in [0.15, 0.2) is 0 Å². The van der Waals surface area contributed by atoms with Crippen LogP contribution in [0.25, 0.3) is 0 Å². The quantitative estimate of drug-likeness (QED) is 0.0940. The zero-order valence-corrected chi connectivity index (χ0v) is 47.4. The van der Waals surface area contributed by atoms with Crippen molar-refractivity contribution in [2.24, 2.45) is 10.8 Å². The Morgan fingerprint density at radius 3 is 1.87 bits per heavy atom. The van der Waals surface area contributed by atoms with Gasteiger partial charge >= 0.3 is 0 Å². The maximum Gasteiger partial charge on any atom is 0.251 e. The van der Waals surface area contributed by atoms with Gasteiger partial charge in [0, 0.05) is 36.4 Å². The third-order valence-electron chi connectivity index (χ3n) is 15.3. The molecule has 9 atom stereocenters. The SMILES string of the molecule is CN[C@@H](C)C(=O)N[C@H](C(=O)N1C[C@@H](NC(=O)c2ccc(CN(C(=O)C3C[Si](C)(C)CN3C(=O)[C@@H](NC(=O)[C@H](C)NC)C(C)(C)C)[C@H](C)c3ccccc3F)cc2)CC1C(=O)N[C@@H]1CCCc2ccccc21)C(C)(C)C. The van der Waals surface area contributed by atoms with E-state index in [9.17, 15) is 28.8 Å². The van der Waals surface area contributed by atoms with Gasteiger partial charge in [-0.25, -0.2) is 4.39 Å². The van der Waals surface area contributed by atoms with Crippen LogP contribution in [0.15, 0.2) is 72.8 Å². The standard InChI is InChI=1S/C57H82FN9O7Si/c1-34(59-10)49(68)63-47(56(4,5)6)54(73)66-31-40(29-45(66)52(71)62-44-24-18-20-38-19-14-15-22-42(38)44)61-51(70)39-27-25-37(26-28-39)30-65(36(3)41-21-16-17-23-43(41)58)53(72)46-32-75(12,13)33-67(46)55(74)48(57(7,8)9)64-50(69)35(2)60-11/h14-17,19,21-23,25-28,34-36,40,44-48,59-60H,18,20,24,29-33H2,1-13H3,(H,61,70)(H,62,71)(H,63,68)(H,64,69)/t34-,35-,36+,40-,44+,45?,46?,47+,48+/m0/s1. The number of nitrogens with one attached hydrogen (secondary N) is 6. The fraction of sp³-hybridized carbons (Fsp3) is 0.561. The van der Waals surface area contributed by atoms with Crippen LogP contribution in [0.4, 0.5) is 4.39 Å². The van der Waals surface area contributed by atoms with Crippen LogP contribution in [0.2, 0.25) is 19.1 Å². The van der Waals surface area contributed by atoms with Crippen LogP contribution < -0.4 is 31.9 Å². The number of aryl methyl sites for hydroxylation is 1. The molecule has 18 heteroatoms. The van der Waals surface area contributed by atoms with Crippen LogP contribution in [0.1, 0.15) is 126 Å². The van der Waals surface area contributed by atoms with Gasteiger partial charge in [-0.3, -0.25) is 33.6 Å². The van der Waals surface area contributed by atoms with Crippen molar-refractivity contribution in [1.82, 2.24) is 46.6 Å². The van der Waals surface area contributed by atoms with E-state index in [-0.39, 0.29) is 55.1 Å². The van der Waals surface area contributed by atoms with Gasteiger partial charge in [-0.1, -0.05) is 109 Å². The van der Waals surface area contributed by atoms with Crippen molar-refractivity contribution in [2.45, 2.75) is 168 Å². The highest BCUT2D eigenvalue weighted by atomic mass is 28.3. The number of likely N-dealkylation sites (tertiary alicyclic amines) is 1. The first-order chi connectivity index (χ1) is 35.1. The lowest BCUT2D eigenvalue weighted by atomic mass is 9.85. The minimum atomic E-state index is -2.18. The minimum Gasteiger partial charge on any atom is -0.347 e. The maximum atomic E-state index is 15.6. The summed E-state index contributed by atoms with van der Waals surface area (Å²) in [6, 6.07) is 15.1. The molecule has 2 heterocycles. The first-order valence-electron chi connectivity index (χ1n) is 26.5. The molecular formula is C57H82FN9O7Si. The largest absolute Gasteiger partial charge is 0.347 e. The Kier molecular flexibility index (Phi) is 18.6. The molecule has 6 N–H and O–H groups in total. The van der Waals surface area contributed by atoms with E-state index in [1.807, 2.05) is 59.7 Å². The number of fused-ring (bicyclic) bond motifs is 1. The Bertz CT molecular complexity index is 2580. The average Bonchev–Trinajstić information content (AvgIpc) is 3.94. The van der Waals surface area contributed by atoms with E-state index in [1.165, 1.54) is 16.5 Å². The Morgan fingerprint density at radius 1 is 0.733 bits per heavy atom. The molecule has 75 heavy (non-hydrogen) atoms. The Hall–Kier alpha value is -5.98. The number of carbonyl (C=O) groups is 7. The molecule has 2 unspecified atom stereocenters. The van der Waals surface area contributed by atoms with Crippen molar-refractivity contribution in [3.05, 3.63) is 106 Å². The second kappa shape index (κ2) is 23.9. The highest BCUT2D eigenvalue weighted by Crippen LogP contribution is 2.36. The Balaban J connectivity index is 1.25. The number of rotatable bonds is 17. The molecule has 0 radical (unpaired) electrons. The molecule has 0 spiro atoms. The van der Waals surface area contributed by atoms with E-state index >= 15 is 9.18 Å². The molecular weight excluding hydrogens is 970 g/mol. The van der Waals surface area contributed by atoms with Crippen molar-refractivity contribution in [3.8, 4) is 0 Å². The molecule has 0 saturated carbocycles. The Morgan fingerprint density at radius 2 is 1.29 bits per heavy atom. The first kappa shape index (κ1) is 58.3. The number of halogens is 1. The first-order valence-corrected chi connectivity index (χ1v) is 30.0. The number of hydrogen-bond donors (Lipinski definition) is 6. The predicted octanol–water partition coefficient (Wildman–Crippen LogP) is 5.54. The smallest absolute Gasteiger partial charge is 0.251 e. The number of nitrogens with zero attached hydrogens (tertiary/aromatic N) is 3. The lowest BCUT2D eigenvalue weighted by Gasteiger charge is -2.38. The van der Waals surface area contributed by atoms with E-state index < -0.39 is 84.9 Å². The van der Waals surface area contributed by atoms with Gasteiger partial charge in [-0.2, -0.15) is 0 Å². The zero-order valence-electron chi connectivity index (χ0n) is 46.4. The minimum absolute atomic E-state index is 0.0231. The van der Waals surface area contributed by atoms with Gasteiger partial charge in [0.05, 0.1) is 32.2 Å².